The van der Waals surface area contributed by atoms with Crippen LogP contribution in [0.25, 0.3) is 60.9 Å². The molecule has 10 aromatic carbocycles. The van der Waals surface area contributed by atoms with Crippen LogP contribution in [0.1, 0.15) is 42.2 Å². The van der Waals surface area contributed by atoms with Crippen molar-refractivity contribution in [3.05, 3.63) is 276 Å². The van der Waals surface area contributed by atoms with E-state index < -0.39 is 5.41 Å². The Labute approximate surface area is 389 Å². The third-order valence-electron chi connectivity index (χ3n) is 13.6. The summed E-state index contributed by atoms with van der Waals surface area (Å²) in [5.74, 6) is 0. The monoisotopic (exact) mass is 848 g/mol. The molecule has 1 aliphatic heterocycles. The fourth-order valence-corrected chi connectivity index (χ4v) is 10.4. The van der Waals surface area contributed by atoms with Crippen molar-refractivity contribution in [3.8, 4) is 39.1 Å². The van der Waals surface area contributed by atoms with Crippen LogP contribution in [-0.4, -0.2) is 4.57 Å². The van der Waals surface area contributed by atoms with Crippen LogP contribution in [-0.2, 0) is 5.41 Å². The first-order chi connectivity index (χ1) is 32.0. The van der Waals surface area contributed by atoms with E-state index in [1.54, 1.807) is 0 Å². The molecule has 0 atom stereocenters. The molecule has 1 aromatic heterocycles. The van der Waals surface area contributed by atoms with Crippen LogP contribution in [0.2, 0.25) is 0 Å². The van der Waals surface area contributed by atoms with Crippen LogP contribution < -0.4 is 4.90 Å². The van der Waals surface area contributed by atoms with E-state index in [2.05, 4.69) is 266 Å². The Morgan fingerprint density at radius 3 is 1.30 bits per heavy atom. The first-order valence-electron chi connectivity index (χ1n) is 22.6. The maximum absolute atomic E-state index is 2.52. The molecule has 0 aliphatic carbocycles. The Hall–Kier alpha value is -8.20. The number of hydrogen-bond donors (Lipinski definition) is 0. The number of para-hydroxylation sites is 2. The SMILES string of the molecule is C.Cc1ccc(C2(c3ccc(C)cc3)c3ccccc3-n3c4ccc(-c5ccc(N(c6ccc(-c7ccccc7)cc6)c6ccc(-c7ccccc7)cc6)cc5)cc4c4cccc2c43)cc1.[HH]. The van der Waals surface area contributed by atoms with Gasteiger partial charge in [-0.1, -0.05) is 207 Å². The van der Waals surface area contributed by atoms with Gasteiger partial charge in [-0.25, -0.2) is 0 Å². The van der Waals surface area contributed by atoms with Crippen molar-refractivity contribution in [2.24, 2.45) is 0 Å². The van der Waals surface area contributed by atoms with Gasteiger partial charge < -0.3 is 9.47 Å². The van der Waals surface area contributed by atoms with Crippen LogP contribution in [0.5, 0.6) is 0 Å². The molecule has 0 N–H and O–H groups in total. The van der Waals surface area contributed by atoms with Crippen LogP contribution >= 0.6 is 0 Å². The van der Waals surface area contributed by atoms with Crippen molar-refractivity contribution in [1.29, 1.82) is 0 Å². The summed E-state index contributed by atoms with van der Waals surface area (Å²) in [5, 5.41) is 2.51. The zero-order chi connectivity index (χ0) is 43.5. The van der Waals surface area contributed by atoms with Crippen molar-refractivity contribution in [3.63, 3.8) is 0 Å². The molecule has 1 aliphatic rings. The van der Waals surface area contributed by atoms with Gasteiger partial charge >= 0.3 is 0 Å². The van der Waals surface area contributed by atoms with Crippen LogP contribution in [0, 0.1) is 13.8 Å². The molecule has 0 fully saturated rings. The molecule has 0 spiro atoms. The summed E-state index contributed by atoms with van der Waals surface area (Å²) in [4.78, 5) is 2.35. The van der Waals surface area contributed by atoms with E-state index in [9.17, 15) is 0 Å². The minimum atomic E-state index is -0.504. The topological polar surface area (TPSA) is 8.17 Å². The maximum atomic E-state index is 2.52. The van der Waals surface area contributed by atoms with Crippen LogP contribution in [0.4, 0.5) is 17.1 Å². The summed E-state index contributed by atoms with van der Waals surface area (Å²) in [7, 11) is 0. The molecule has 0 saturated carbocycles. The second kappa shape index (κ2) is 16.4. The Morgan fingerprint density at radius 1 is 0.364 bits per heavy atom. The van der Waals surface area contributed by atoms with Gasteiger partial charge in [-0.15, -0.1) is 0 Å². The summed E-state index contributed by atoms with van der Waals surface area (Å²) in [5.41, 5.74) is 21.3. The van der Waals surface area contributed by atoms with Gasteiger partial charge in [0.1, 0.15) is 0 Å². The lowest BCUT2D eigenvalue weighted by atomic mass is 9.63. The highest BCUT2D eigenvalue weighted by Gasteiger charge is 2.45. The Kier molecular flexibility index (Phi) is 10.1. The number of rotatable bonds is 8. The quantitative estimate of drug-likeness (QED) is 0.148. The largest absolute Gasteiger partial charge is 0.311 e. The summed E-state index contributed by atoms with van der Waals surface area (Å²) in [6.07, 6.45) is 0. The van der Waals surface area contributed by atoms with E-state index in [0.29, 0.717) is 0 Å². The summed E-state index contributed by atoms with van der Waals surface area (Å²) < 4.78 is 2.52. The lowest BCUT2D eigenvalue weighted by Crippen LogP contribution is -2.35. The predicted octanol–water partition coefficient (Wildman–Crippen LogP) is 17.4. The van der Waals surface area contributed by atoms with E-state index in [1.807, 2.05) is 0 Å². The molecule has 318 valence electrons. The molecule has 0 unspecified atom stereocenters. The number of benzene rings is 10. The fraction of sp³-hybridized carbons (Fsp3) is 0.0625. The Morgan fingerprint density at radius 2 is 0.788 bits per heavy atom. The lowest BCUT2D eigenvalue weighted by molar-refractivity contribution is 0.727. The normalized spacial score (nSPS) is 12.4. The zero-order valence-corrected chi connectivity index (χ0v) is 36.5. The van der Waals surface area contributed by atoms with Crippen molar-refractivity contribution < 1.29 is 1.43 Å². The van der Waals surface area contributed by atoms with E-state index in [-0.39, 0.29) is 8.85 Å². The highest BCUT2D eigenvalue weighted by Crippen LogP contribution is 2.54. The van der Waals surface area contributed by atoms with E-state index >= 15 is 0 Å². The van der Waals surface area contributed by atoms with Gasteiger partial charge in [0.05, 0.1) is 22.1 Å². The Bertz CT molecular complexity index is 3370. The average molecular weight is 849 g/mol. The standard InChI is InChI=1S/C63H46N2.CH4.H2/c1-43-20-31-51(32-21-43)63(52-33-22-44(2)23-34-52)58-17-9-10-19-61(58)65-60-41-30-50(42-57(60)56-16-11-18-59(63)62(56)65)49-28-39-55(40-29-49)64(53-35-24-47(25-36-53)45-12-5-3-6-13-45)54-37-26-48(27-38-54)46-14-7-4-8-15-46;;/h3-42H,1-2H3;1H4;1H. The maximum Gasteiger partial charge on any atom is 0.0742 e. The molecule has 0 bridgehead atoms. The minimum absolute atomic E-state index is 0. The molecule has 0 radical (unpaired) electrons. The molecule has 2 nitrogen and oxygen atoms in total. The van der Waals surface area contributed by atoms with Crippen molar-refractivity contribution >= 4 is 38.9 Å². The first-order valence-corrected chi connectivity index (χ1v) is 22.6. The van der Waals surface area contributed by atoms with Crippen molar-refractivity contribution in [1.82, 2.24) is 4.57 Å². The summed E-state index contributed by atoms with van der Waals surface area (Å²) in [6.45, 7) is 4.35. The number of aryl methyl sites for hydroxylation is 2. The van der Waals surface area contributed by atoms with Gasteiger partial charge in [0, 0.05) is 29.3 Å². The third-order valence-corrected chi connectivity index (χ3v) is 13.6. The average Bonchev–Trinajstić information content (AvgIpc) is 3.71. The van der Waals surface area contributed by atoms with Gasteiger partial charge in [-0.3, -0.25) is 0 Å². The third kappa shape index (κ3) is 6.56. The van der Waals surface area contributed by atoms with Crippen molar-refractivity contribution in [2.45, 2.75) is 26.7 Å². The molecule has 0 saturated heterocycles. The van der Waals surface area contributed by atoms with Gasteiger partial charge in [-0.2, -0.15) is 0 Å². The first kappa shape index (κ1) is 40.6. The second-order valence-electron chi connectivity index (χ2n) is 17.5. The Balaban J connectivity index is 0.00000263. The van der Waals surface area contributed by atoms with E-state index in [1.165, 1.54) is 94.3 Å². The summed E-state index contributed by atoms with van der Waals surface area (Å²) >= 11 is 0. The number of hydrogen-bond acceptors (Lipinski definition) is 1. The lowest BCUT2D eigenvalue weighted by Gasteiger charge is -2.41. The molecule has 12 rings (SSSR count). The molecule has 11 aromatic rings. The predicted molar refractivity (Wildman–Crippen MR) is 282 cm³/mol. The highest BCUT2D eigenvalue weighted by atomic mass is 15.1. The zero-order valence-electron chi connectivity index (χ0n) is 36.5. The number of aromatic nitrogens is 1. The molecule has 2 heterocycles. The molecule has 2 heteroatoms. The molecule has 0 amide bonds. The van der Waals surface area contributed by atoms with Gasteiger partial charge in [0.15, 0.2) is 0 Å². The van der Waals surface area contributed by atoms with Crippen molar-refractivity contribution in [2.75, 3.05) is 4.90 Å². The highest BCUT2D eigenvalue weighted by molar-refractivity contribution is 6.13. The number of anilines is 3. The van der Waals surface area contributed by atoms with Gasteiger partial charge in [0.2, 0.25) is 0 Å². The fourth-order valence-electron chi connectivity index (χ4n) is 10.4. The van der Waals surface area contributed by atoms with Crippen LogP contribution in [0.15, 0.2) is 243 Å². The smallest absolute Gasteiger partial charge is 0.0742 e. The summed E-state index contributed by atoms with van der Waals surface area (Å²) in [6, 6.07) is 89.5. The number of nitrogens with zero attached hydrogens (tertiary/aromatic N) is 2. The molecular weight excluding hydrogens is 797 g/mol. The minimum Gasteiger partial charge on any atom is -0.311 e. The van der Waals surface area contributed by atoms with Crippen LogP contribution in [0.3, 0.4) is 0 Å². The van der Waals surface area contributed by atoms with Gasteiger partial charge in [-0.05, 0) is 124 Å². The second-order valence-corrected chi connectivity index (χ2v) is 17.5. The van der Waals surface area contributed by atoms with E-state index in [4.69, 9.17) is 0 Å². The van der Waals surface area contributed by atoms with E-state index in [0.717, 1.165) is 17.1 Å². The van der Waals surface area contributed by atoms with Gasteiger partial charge in [0.25, 0.3) is 0 Å². The molecule has 66 heavy (non-hydrogen) atoms. The molecular formula is C64H52N2. The number of fused-ring (bicyclic) bond motifs is 5.